The SMILES string of the molecule is Cc1cn([C@H]2C[C@@H](N=[N+]=[N-])[C@@H](CO[C@@H]3O[C@H](C(=O)O)[C@@H](O)[C@H](O)[C@@H]3O)O2)c(=O)[nH]c1=O. The summed E-state index contributed by atoms with van der Waals surface area (Å²) in [5.41, 5.74) is 7.79. The van der Waals surface area contributed by atoms with Crippen molar-refractivity contribution in [1.82, 2.24) is 9.55 Å². The van der Waals surface area contributed by atoms with Gasteiger partial charge in [-0.05, 0) is 12.5 Å². The number of azide groups is 1. The maximum absolute atomic E-state index is 12.1. The number of aromatic nitrogens is 2. The van der Waals surface area contributed by atoms with Crippen LogP contribution in [0.1, 0.15) is 18.2 Å². The van der Waals surface area contributed by atoms with E-state index in [9.17, 15) is 29.7 Å². The molecule has 2 saturated heterocycles. The molecule has 2 fully saturated rings. The summed E-state index contributed by atoms with van der Waals surface area (Å²) in [5, 5.41) is 42.3. The second kappa shape index (κ2) is 9.15. The largest absolute Gasteiger partial charge is 0.479 e. The number of ether oxygens (including phenoxy) is 3. The predicted molar refractivity (Wildman–Crippen MR) is 97.8 cm³/mol. The molecule has 1 aromatic heterocycles. The van der Waals surface area contributed by atoms with E-state index in [4.69, 9.17) is 24.8 Å². The number of carbonyl (C=O) groups is 1. The minimum atomic E-state index is -1.87. The summed E-state index contributed by atoms with van der Waals surface area (Å²) in [7, 11) is 0. The summed E-state index contributed by atoms with van der Waals surface area (Å²) in [5.74, 6) is -1.57. The lowest BCUT2D eigenvalue weighted by atomic mass is 9.99. The van der Waals surface area contributed by atoms with Crippen molar-refractivity contribution < 1.29 is 39.4 Å². The lowest BCUT2D eigenvalue weighted by Crippen LogP contribution is -2.60. The summed E-state index contributed by atoms with van der Waals surface area (Å²) in [6.07, 6.45) is -9.39. The van der Waals surface area contributed by atoms with E-state index in [1.165, 1.54) is 13.1 Å². The van der Waals surface area contributed by atoms with Crippen LogP contribution in [0, 0.1) is 6.92 Å². The Morgan fingerprint density at radius 2 is 2.03 bits per heavy atom. The smallest absolute Gasteiger partial charge is 0.335 e. The van der Waals surface area contributed by atoms with Gasteiger partial charge in [-0.1, -0.05) is 5.11 Å². The third-order valence-electron chi connectivity index (χ3n) is 5.10. The molecule has 5 N–H and O–H groups in total. The third kappa shape index (κ3) is 4.62. The van der Waals surface area contributed by atoms with E-state index in [0.29, 0.717) is 0 Å². The normalized spacial score (nSPS) is 35.5. The molecule has 1 aromatic rings. The zero-order chi connectivity index (χ0) is 22.9. The highest BCUT2D eigenvalue weighted by Gasteiger charge is 2.48. The van der Waals surface area contributed by atoms with Gasteiger partial charge in [0.25, 0.3) is 5.56 Å². The van der Waals surface area contributed by atoms with Crippen LogP contribution >= 0.6 is 0 Å². The van der Waals surface area contributed by atoms with Crippen LogP contribution in [0.3, 0.4) is 0 Å². The molecule has 0 bridgehead atoms. The van der Waals surface area contributed by atoms with Gasteiger partial charge in [0.2, 0.25) is 0 Å². The summed E-state index contributed by atoms with van der Waals surface area (Å²) < 4.78 is 17.2. The Hall–Kier alpha value is -2.78. The molecule has 0 spiro atoms. The highest BCUT2D eigenvalue weighted by molar-refractivity contribution is 5.73. The molecule has 15 heteroatoms. The van der Waals surface area contributed by atoms with Crippen LogP contribution in [-0.2, 0) is 19.0 Å². The maximum Gasteiger partial charge on any atom is 0.335 e. The first kappa shape index (κ1) is 22.9. The van der Waals surface area contributed by atoms with Gasteiger partial charge in [0, 0.05) is 23.1 Å². The molecule has 0 saturated carbocycles. The highest BCUT2D eigenvalue weighted by Crippen LogP contribution is 2.31. The number of nitrogens with zero attached hydrogens (tertiary/aromatic N) is 4. The van der Waals surface area contributed by atoms with Gasteiger partial charge in [-0.2, -0.15) is 0 Å². The van der Waals surface area contributed by atoms with Gasteiger partial charge >= 0.3 is 11.7 Å². The number of hydrogen-bond acceptors (Lipinski definition) is 10. The number of rotatable bonds is 6. The van der Waals surface area contributed by atoms with Crippen LogP contribution in [0.4, 0.5) is 0 Å². The number of carboxylic acid groups (broad SMARTS) is 1. The second-order valence-corrected chi connectivity index (χ2v) is 7.18. The van der Waals surface area contributed by atoms with Crippen molar-refractivity contribution in [2.24, 2.45) is 5.11 Å². The molecule has 2 aliphatic rings. The van der Waals surface area contributed by atoms with Crippen LogP contribution in [0.5, 0.6) is 0 Å². The van der Waals surface area contributed by atoms with E-state index in [1.807, 2.05) is 0 Å². The molecule has 0 aromatic carbocycles. The Morgan fingerprint density at radius 3 is 2.68 bits per heavy atom. The van der Waals surface area contributed by atoms with Gasteiger partial charge in [-0.15, -0.1) is 0 Å². The zero-order valence-electron chi connectivity index (χ0n) is 16.1. The zero-order valence-corrected chi connectivity index (χ0v) is 16.1. The van der Waals surface area contributed by atoms with E-state index in [0.717, 1.165) is 4.57 Å². The van der Waals surface area contributed by atoms with Crippen LogP contribution in [0.15, 0.2) is 20.9 Å². The fourth-order valence-electron chi connectivity index (χ4n) is 3.40. The summed E-state index contributed by atoms with van der Waals surface area (Å²) in [6.45, 7) is 1.13. The number of carboxylic acids is 1. The van der Waals surface area contributed by atoms with Gasteiger partial charge in [0.05, 0.1) is 18.8 Å². The maximum atomic E-state index is 12.1. The number of aromatic amines is 1. The van der Waals surface area contributed by atoms with Gasteiger partial charge in [-0.25, -0.2) is 9.59 Å². The topological polar surface area (TPSA) is 229 Å². The fourth-order valence-corrected chi connectivity index (χ4v) is 3.40. The van der Waals surface area contributed by atoms with Crippen molar-refractivity contribution >= 4 is 5.97 Å². The van der Waals surface area contributed by atoms with Gasteiger partial charge < -0.3 is 34.6 Å². The van der Waals surface area contributed by atoms with Crippen LogP contribution in [-0.4, -0.2) is 85.4 Å². The molecule has 3 rings (SSSR count). The molecular weight excluding hydrogens is 422 g/mol. The number of aliphatic hydroxyl groups excluding tert-OH is 3. The summed E-state index contributed by atoms with van der Waals surface area (Å²) >= 11 is 0. The molecular formula is C16H21N5O10. The van der Waals surface area contributed by atoms with Crippen molar-refractivity contribution in [3.05, 3.63) is 43.0 Å². The molecule has 0 unspecified atom stereocenters. The molecule has 31 heavy (non-hydrogen) atoms. The Bertz CT molecular complexity index is 988. The van der Waals surface area contributed by atoms with Gasteiger partial charge in [0.15, 0.2) is 12.4 Å². The van der Waals surface area contributed by atoms with E-state index < -0.39 is 66.3 Å². The van der Waals surface area contributed by atoms with Crippen LogP contribution < -0.4 is 11.2 Å². The average molecular weight is 443 g/mol. The molecule has 15 nitrogen and oxygen atoms in total. The van der Waals surface area contributed by atoms with E-state index in [-0.39, 0.29) is 18.6 Å². The van der Waals surface area contributed by atoms with Crippen molar-refractivity contribution in [3.8, 4) is 0 Å². The van der Waals surface area contributed by atoms with E-state index in [1.54, 1.807) is 0 Å². The first-order valence-electron chi connectivity index (χ1n) is 9.19. The minimum absolute atomic E-state index is 0.0661. The van der Waals surface area contributed by atoms with E-state index in [2.05, 4.69) is 15.0 Å². The Labute approximate surface area is 173 Å². The monoisotopic (exact) mass is 443 g/mol. The van der Waals surface area contributed by atoms with Crippen molar-refractivity contribution in [2.75, 3.05) is 6.61 Å². The second-order valence-electron chi connectivity index (χ2n) is 7.18. The lowest BCUT2D eigenvalue weighted by Gasteiger charge is -2.38. The van der Waals surface area contributed by atoms with Crippen LogP contribution in [0.2, 0.25) is 0 Å². The molecule has 2 aliphatic heterocycles. The molecule has 8 atom stereocenters. The number of aliphatic carboxylic acids is 1. The predicted octanol–water partition coefficient (Wildman–Crippen LogP) is -2.28. The molecule has 0 radical (unpaired) electrons. The highest BCUT2D eigenvalue weighted by atomic mass is 16.7. The number of nitrogens with one attached hydrogen (secondary N) is 1. The van der Waals surface area contributed by atoms with E-state index >= 15 is 0 Å². The summed E-state index contributed by atoms with van der Waals surface area (Å²) in [4.78, 5) is 39.7. The third-order valence-corrected chi connectivity index (χ3v) is 5.10. The van der Waals surface area contributed by atoms with Crippen molar-refractivity contribution in [1.29, 1.82) is 0 Å². The number of hydrogen-bond donors (Lipinski definition) is 5. The number of aliphatic hydroxyl groups is 3. The van der Waals surface area contributed by atoms with Crippen molar-refractivity contribution in [3.63, 3.8) is 0 Å². The number of H-pyrrole nitrogens is 1. The average Bonchev–Trinajstić information content (AvgIpc) is 3.11. The van der Waals surface area contributed by atoms with Crippen molar-refractivity contribution in [2.45, 2.75) is 62.4 Å². The van der Waals surface area contributed by atoms with Crippen LogP contribution in [0.25, 0.3) is 10.4 Å². The minimum Gasteiger partial charge on any atom is -0.479 e. The fraction of sp³-hybridized carbons (Fsp3) is 0.688. The number of aryl methyl sites for hydroxylation is 1. The van der Waals surface area contributed by atoms with Gasteiger partial charge in [0.1, 0.15) is 24.5 Å². The quantitative estimate of drug-likeness (QED) is 0.180. The Morgan fingerprint density at radius 1 is 1.32 bits per heavy atom. The molecule has 3 heterocycles. The lowest BCUT2D eigenvalue weighted by molar-refractivity contribution is -0.298. The first-order valence-corrected chi connectivity index (χ1v) is 9.19. The summed E-state index contributed by atoms with van der Waals surface area (Å²) in [6, 6.07) is -0.805. The Kier molecular flexibility index (Phi) is 6.76. The van der Waals surface area contributed by atoms with Gasteiger partial charge in [-0.3, -0.25) is 14.3 Å². The molecule has 170 valence electrons. The molecule has 0 amide bonds. The molecule has 0 aliphatic carbocycles. The first-order chi connectivity index (χ1) is 14.6. The standard InChI is InChI=1S/C16H21N5O10/c1-5-3-21(16(28)18-13(5)25)8-2-6(19-20-17)7(30-8)4-29-15-11(24)9(22)10(23)12(31-15)14(26)27/h3,6-12,15,22-24H,2,4H2,1H3,(H,26,27)(H,18,25,28)/t6-,7-,8-,9+,10+,11+,12+,15-/m1/s1. The Balaban J connectivity index is 1.74.